The van der Waals surface area contributed by atoms with E-state index in [-0.39, 0.29) is 0 Å². The Morgan fingerprint density at radius 3 is 2.68 bits per heavy atom. The van der Waals surface area contributed by atoms with E-state index in [0.29, 0.717) is 0 Å². The van der Waals surface area contributed by atoms with Gasteiger partial charge in [-0.3, -0.25) is 0 Å². The molecule has 0 aliphatic heterocycles. The van der Waals surface area contributed by atoms with E-state index in [1.54, 1.807) is 6.20 Å². The number of imidazole rings is 1. The average Bonchev–Trinajstić information content (AvgIpc) is 3.18. The first-order chi connectivity index (χ1) is 10.8. The molecule has 0 aliphatic carbocycles. The highest BCUT2D eigenvalue weighted by atomic mass is 32.1. The fourth-order valence-corrected chi connectivity index (χ4v) is 2.65. The summed E-state index contributed by atoms with van der Waals surface area (Å²) in [4.78, 5) is 4.79. The van der Waals surface area contributed by atoms with Crippen molar-refractivity contribution in [1.29, 1.82) is 0 Å². The normalized spacial score (nSPS) is 10.8. The molecule has 0 N–H and O–H groups in total. The molecule has 0 amide bonds. The number of aryl methyl sites for hydroxylation is 2. The van der Waals surface area contributed by atoms with Crippen LogP contribution in [0, 0.1) is 6.92 Å². The summed E-state index contributed by atoms with van der Waals surface area (Å²) < 4.78 is 4.15. The van der Waals surface area contributed by atoms with Crippen molar-refractivity contribution in [2.45, 2.75) is 26.4 Å². The van der Waals surface area contributed by atoms with Crippen LogP contribution in [0.2, 0.25) is 0 Å². The number of rotatable bonds is 6. The maximum Gasteiger partial charge on any atom is 0.175 e. The second-order valence-corrected chi connectivity index (χ2v) is 5.48. The molecule has 2 heterocycles. The Bertz CT molecular complexity index is 746. The summed E-state index contributed by atoms with van der Waals surface area (Å²) in [6, 6.07) is 9.94. The fourth-order valence-electron chi connectivity index (χ4n) is 2.37. The van der Waals surface area contributed by atoms with Crippen LogP contribution in [-0.4, -0.2) is 29.2 Å². The third kappa shape index (κ3) is 3.12. The Kier molecular flexibility index (Phi) is 4.39. The summed E-state index contributed by atoms with van der Waals surface area (Å²) in [5, 5.41) is 8.45. The maximum absolute atomic E-state index is 5.58. The molecular formula is C16H17N5S. The van der Waals surface area contributed by atoms with E-state index in [1.165, 1.54) is 0 Å². The van der Waals surface area contributed by atoms with E-state index >= 15 is 0 Å². The van der Waals surface area contributed by atoms with Crippen LogP contribution in [-0.2, 0) is 13.1 Å². The molecule has 0 bridgehead atoms. The summed E-state index contributed by atoms with van der Waals surface area (Å²) in [5.41, 5.74) is 1.00. The van der Waals surface area contributed by atoms with E-state index in [0.717, 1.165) is 41.6 Å². The van der Waals surface area contributed by atoms with Gasteiger partial charge in [0.1, 0.15) is 5.82 Å². The van der Waals surface area contributed by atoms with Gasteiger partial charge in [0.05, 0.1) is 11.2 Å². The third-order valence-corrected chi connectivity index (χ3v) is 3.95. The van der Waals surface area contributed by atoms with Crippen molar-refractivity contribution in [3.8, 4) is 0 Å². The second-order valence-electron chi connectivity index (χ2n) is 5.07. The number of benzene rings is 1. The van der Waals surface area contributed by atoms with Crippen LogP contribution in [0.1, 0.15) is 23.6 Å². The van der Waals surface area contributed by atoms with E-state index in [9.17, 15) is 0 Å². The van der Waals surface area contributed by atoms with Crippen molar-refractivity contribution in [2.24, 2.45) is 0 Å². The first kappa shape index (κ1) is 14.6. The Labute approximate surface area is 134 Å². The number of thiocarbonyl (C=S) groups is 1. The van der Waals surface area contributed by atoms with Crippen molar-refractivity contribution < 1.29 is 0 Å². The molecule has 0 aliphatic rings. The van der Waals surface area contributed by atoms with Crippen LogP contribution in [0.3, 0.4) is 0 Å². The molecule has 22 heavy (non-hydrogen) atoms. The molecule has 0 saturated carbocycles. The second kappa shape index (κ2) is 6.62. The van der Waals surface area contributed by atoms with Crippen LogP contribution in [0.5, 0.6) is 0 Å². The minimum Gasteiger partial charge on any atom is -0.337 e. The number of nitrogens with zero attached hydrogens (tertiary/aromatic N) is 5. The highest BCUT2D eigenvalue weighted by Crippen LogP contribution is 2.12. The van der Waals surface area contributed by atoms with Gasteiger partial charge in [0.2, 0.25) is 0 Å². The largest absolute Gasteiger partial charge is 0.337 e. The molecule has 0 saturated heterocycles. The number of hydrogen-bond acceptors (Lipinski definition) is 4. The Hall–Kier alpha value is -2.34. The standard InChI is InChI=1S/C16H17N5S/c1-13-18-19-16(15(22)14-6-3-2-4-7-14)21(13)10-5-9-20-11-8-17-12-20/h2-4,6-8,11-12H,5,9-10H2,1H3. The van der Waals surface area contributed by atoms with Crippen molar-refractivity contribution in [1.82, 2.24) is 24.3 Å². The summed E-state index contributed by atoms with van der Waals surface area (Å²) in [6.07, 6.45) is 6.56. The lowest BCUT2D eigenvalue weighted by molar-refractivity contribution is 0.553. The summed E-state index contributed by atoms with van der Waals surface area (Å²) in [6.45, 7) is 3.70. The molecule has 3 rings (SSSR count). The Balaban J connectivity index is 1.74. The maximum atomic E-state index is 5.58. The topological polar surface area (TPSA) is 48.5 Å². The molecule has 5 nitrogen and oxygen atoms in total. The smallest absolute Gasteiger partial charge is 0.175 e. The van der Waals surface area contributed by atoms with Gasteiger partial charge >= 0.3 is 0 Å². The van der Waals surface area contributed by atoms with Gasteiger partial charge in [-0.2, -0.15) is 0 Å². The van der Waals surface area contributed by atoms with Gasteiger partial charge in [0.25, 0.3) is 0 Å². The first-order valence-electron chi connectivity index (χ1n) is 7.21. The van der Waals surface area contributed by atoms with Gasteiger partial charge in [-0.25, -0.2) is 4.98 Å². The van der Waals surface area contributed by atoms with Crippen molar-refractivity contribution >= 4 is 17.1 Å². The molecule has 2 aromatic heterocycles. The van der Waals surface area contributed by atoms with Gasteiger partial charge in [-0.15, -0.1) is 10.2 Å². The molecule has 6 heteroatoms. The molecule has 0 spiro atoms. The average molecular weight is 311 g/mol. The minimum atomic E-state index is 0.740. The molecule has 0 radical (unpaired) electrons. The van der Waals surface area contributed by atoms with Crippen LogP contribution in [0.4, 0.5) is 0 Å². The summed E-state index contributed by atoms with van der Waals surface area (Å²) in [5.74, 6) is 1.66. The van der Waals surface area contributed by atoms with Crippen molar-refractivity contribution in [2.75, 3.05) is 0 Å². The van der Waals surface area contributed by atoms with E-state index < -0.39 is 0 Å². The van der Waals surface area contributed by atoms with Gasteiger partial charge in [-0.05, 0) is 18.9 Å². The SMILES string of the molecule is Cc1nnc(C(=S)c2ccccc2)n1CCCn1ccnc1. The lowest BCUT2D eigenvalue weighted by Crippen LogP contribution is -2.13. The first-order valence-corrected chi connectivity index (χ1v) is 7.62. The number of hydrogen-bond donors (Lipinski definition) is 0. The van der Waals surface area contributed by atoms with Crippen LogP contribution < -0.4 is 0 Å². The lowest BCUT2D eigenvalue weighted by Gasteiger charge is -2.10. The Morgan fingerprint density at radius 2 is 1.95 bits per heavy atom. The molecule has 112 valence electrons. The molecule has 0 atom stereocenters. The highest BCUT2D eigenvalue weighted by Gasteiger charge is 2.14. The number of aromatic nitrogens is 5. The van der Waals surface area contributed by atoms with Crippen LogP contribution in [0.15, 0.2) is 49.1 Å². The fraction of sp³-hybridized carbons (Fsp3) is 0.250. The molecule has 1 aromatic carbocycles. The van der Waals surface area contributed by atoms with Gasteiger partial charge in [-0.1, -0.05) is 42.5 Å². The van der Waals surface area contributed by atoms with Gasteiger partial charge < -0.3 is 9.13 Å². The predicted octanol–water partition coefficient (Wildman–Crippen LogP) is 2.64. The molecule has 0 unspecified atom stereocenters. The summed E-state index contributed by atoms with van der Waals surface area (Å²) in [7, 11) is 0. The summed E-state index contributed by atoms with van der Waals surface area (Å²) >= 11 is 5.58. The minimum absolute atomic E-state index is 0.740. The lowest BCUT2D eigenvalue weighted by atomic mass is 10.1. The quantitative estimate of drug-likeness (QED) is 0.519. The van der Waals surface area contributed by atoms with E-state index in [4.69, 9.17) is 12.2 Å². The zero-order chi connectivity index (χ0) is 15.4. The third-order valence-electron chi connectivity index (χ3n) is 3.53. The monoisotopic (exact) mass is 311 g/mol. The molecular weight excluding hydrogens is 294 g/mol. The van der Waals surface area contributed by atoms with E-state index in [2.05, 4.69) is 24.3 Å². The predicted molar refractivity (Wildman–Crippen MR) is 88.8 cm³/mol. The zero-order valence-electron chi connectivity index (χ0n) is 12.4. The molecule has 3 aromatic rings. The van der Waals surface area contributed by atoms with E-state index in [1.807, 2.05) is 49.8 Å². The molecule has 0 fully saturated rings. The van der Waals surface area contributed by atoms with Crippen LogP contribution >= 0.6 is 12.2 Å². The Morgan fingerprint density at radius 1 is 1.14 bits per heavy atom. The van der Waals surface area contributed by atoms with Crippen LogP contribution in [0.25, 0.3) is 0 Å². The van der Waals surface area contributed by atoms with Crippen molar-refractivity contribution in [3.63, 3.8) is 0 Å². The highest BCUT2D eigenvalue weighted by molar-refractivity contribution is 7.81. The van der Waals surface area contributed by atoms with Crippen molar-refractivity contribution in [3.05, 3.63) is 66.3 Å². The van der Waals surface area contributed by atoms with Gasteiger partial charge in [0.15, 0.2) is 5.82 Å². The zero-order valence-corrected chi connectivity index (χ0v) is 13.2. The van der Waals surface area contributed by atoms with Gasteiger partial charge in [0, 0.05) is 25.5 Å².